The molecule has 0 aromatic carbocycles. The number of carbonyl (C=O) groups excluding carboxylic acids is 1. The molecule has 0 aliphatic rings. The molecule has 0 radical (unpaired) electrons. The standard InChI is InChI=1S/C13H17N3OS2/c1-4-6-9-7-10(18-8(9)3)12(17)14-13-16-15-11(5-2)19-13/h7H,4-6H2,1-3H3,(H,14,16,17). The zero-order valence-electron chi connectivity index (χ0n) is 11.3. The molecule has 2 rings (SSSR count). The van der Waals surface area contributed by atoms with Gasteiger partial charge in [0, 0.05) is 4.88 Å². The lowest BCUT2D eigenvalue weighted by molar-refractivity contribution is 0.103. The predicted octanol–water partition coefficient (Wildman–Crippen LogP) is 3.68. The first-order valence-electron chi connectivity index (χ1n) is 6.37. The Balaban J connectivity index is 2.09. The largest absolute Gasteiger partial charge is 0.296 e. The first kappa shape index (κ1) is 14.1. The van der Waals surface area contributed by atoms with Crippen molar-refractivity contribution in [3.8, 4) is 0 Å². The molecule has 4 nitrogen and oxygen atoms in total. The van der Waals surface area contributed by atoms with E-state index in [4.69, 9.17) is 0 Å². The number of thiophene rings is 1. The lowest BCUT2D eigenvalue weighted by Gasteiger charge is -1.96. The van der Waals surface area contributed by atoms with Gasteiger partial charge in [0.15, 0.2) is 0 Å². The molecule has 19 heavy (non-hydrogen) atoms. The van der Waals surface area contributed by atoms with E-state index in [1.807, 2.05) is 13.0 Å². The zero-order valence-corrected chi connectivity index (χ0v) is 13.0. The van der Waals surface area contributed by atoms with Gasteiger partial charge in [-0.1, -0.05) is 31.6 Å². The summed E-state index contributed by atoms with van der Waals surface area (Å²) in [7, 11) is 0. The van der Waals surface area contributed by atoms with Gasteiger partial charge >= 0.3 is 0 Å². The topological polar surface area (TPSA) is 54.9 Å². The van der Waals surface area contributed by atoms with E-state index in [9.17, 15) is 4.79 Å². The summed E-state index contributed by atoms with van der Waals surface area (Å²) in [4.78, 5) is 14.1. The van der Waals surface area contributed by atoms with Crippen molar-refractivity contribution in [3.05, 3.63) is 26.4 Å². The Bertz CT molecular complexity index is 574. The van der Waals surface area contributed by atoms with Crippen LogP contribution in [-0.4, -0.2) is 16.1 Å². The van der Waals surface area contributed by atoms with E-state index in [1.54, 1.807) is 0 Å². The lowest BCUT2D eigenvalue weighted by atomic mass is 10.1. The van der Waals surface area contributed by atoms with Gasteiger partial charge in [-0.25, -0.2) is 0 Å². The quantitative estimate of drug-likeness (QED) is 0.915. The number of nitrogens with zero attached hydrogens (tertiary/aromatic N) is 2. The second-order valence-corrected chi connectivity index (χ2v) is 6.57. The third-order valence-corrected chi connectivity index (χ3v) is 4.83. The molecule has 0 saturated carbocycles. The molecule has 0 unspecified atom stereocenters. The van der Waals surface area contributed by atoms with Gasteiger partial charge in [-0.2, -0.15) is 0 Å². The van der Waals surface area contributed by atoms with E-state index < -0.39 is 0 Å². The number of rotatable bonds is 5. The lowest BCUT2D eigenvalue weighted by Crippen LogP contribution is -2.09. The molecule has 2 aromatic rings. The summed E-state index contributed by atoms with van der Waals surface area (Å²) >= 11 is 2.97. The number of hydrogen-bond donors (Lipinski definition) is 1. The van der Waals surface area contributed by atoms with Crippen LogP contribution in [0.5, 0.6) is 0 Å². The third-order valence-electron chi connectivity index (χ3n) is 2.75. The second kappa shape index (κ2) is 6.25. The van der Waals surface area contributed by atoms with Crippen LogP contribution in [0.4, 0.5) is 5.13 Å². The zero-order chi connectivity index (χ0) is 13.8. The van der Waals surface area contributed by atoms with Gasteiger partial charge in [-0.05, 0) is 31.4 Å². The van der Waals surface area contributed by atoms with Crippen LogP contribution in [0.3, 0.4) is 0 Å². The van der Waals surface area contributed by atoms with Crippen LogP contribution in [0.1, 0.15) is 45.4 Å². The maximum Gasteiger partial charge on any atom is 0.267 e. The Morgan fingerprint density at radius 2 is 2.11 bits per heavy atom. The molecule has 0 spiro atoms. The number of carbonyl (C=O) groups is 1. The van der Waals surface area contributed by atoms with Crippen molar-refractivity contribution in [1.82, 2.24) is 10.2 Å². The highest BCUT2D eigenvalue weighted by molar-refractivity contribution is 7.16. The second-order valence-electron chi connectivity index (χ2n) is 4.25. The summed E-state index contributed by atoms with van der Waals surface area (Å²) in [5.41, 5.74) is 1.27. The van der Waals surface area contributed by atoms with Crippen molar-refractivity contribution in [3.63, 3.8) is 0 Å². The molecule has 0 aliphatic heterocycles. The van der Waals surface area contributed by atoms with Gasteiger partial charge in [-0.15, -0.1) is 21.5 Å². The Hall–Kier alpha value is -1.27. The maximum absolute atomic E-state index is 12.1. The van der Waals surface area contributed by atoms with Crippen molar-refractivity contribution in [2.24, 2.45) is 0 Å². The summed E-state index contributed by atoms with van der Waals surface area (Å²) in [6.45, 7) is 6.22. The molecule has 6 heteroatoms. The number of aromatic nitrogens is 2. The third kappa shape index (κ3) is 3.39. The SMILES string of the molecule is CCCc1cc(C(=O)Nc2nnc(CC)s2)sc1C. The summed E-state index contributed by atoms with van der Waals surface area (Å²) in [5, 5.41) is 12.3. The van der Waals surface area contributed by atoms with Crippen LogP contribution in [-0.2, 0) is 12.8 Å². The molecule has 0 bridgehead atoms. The van der Waals surface area contributed by atoms with E-state index >= 15 is 0 Å². The number of anilines is 1. The molecule has 0 saturated heterocycles. The Morgan fingerprint density at radius 3 is 2.74 bits per heavy atom. The molecule has 2 aromatic heterocycles. The molecule has 0 aliphatic carbocycles. The van der Waals surface area contributed by atoms with E-state index in [-0.39, 0.29) is 5.91 Å². The molecule has 1 amide bonds. The molecule has 102 valence electrons. The average molecular weight is 295 g/mol. The van der Waals surface area contributed by atoms with E-state index in [1.165, 1.54) is 33.1 Å². The van der Waals surface area contributed by atoms with Crippen molar-refractivity contribution in [2.75, 3.05) is 5.32 Å². The van der Waals surface area contributed by atoms with E-state index in [2.05, 4.69) is 29.4 Å². The minimum atomic E-state index is -0.0887. The van der Waals surface area contributed by atoms with Crippen molar-refractivity contribution < 1.29 is 4.79 Å². The number of amides is 1. The first-order valence-corrected chi connectivity index (χ1v) is 8.00. The molecule has 0 atom stereocenters. The molecular formula is C13H17N3OS2. The Kier molecular flexibility index (Phi) is 4.66. The number of nitrogens with one attached hydrogen (secondary N) is 1. The van der Waals surface area contributed by atoms with E-state index in [0.717, 1.165) is 29.1 Å². The average Bonchev–Trinajstić information content (AvgIpc) is 2.97. The predicted molar refractivity (Wildman–Crippen MR) is 80.3 cm³/mol. The fourth-order valence-electron chi connectivity index (χ4n) is 1.75. The molecule has 0 fully saturated rings. The van der Waals surface area contributed by atoms with Gasteiger partial charge in [0.25, 0.3) is 5.91 Å². The highest BCUT2D eigenvalue weighted by atomic mass is 32.1. The summed E-state index contributed by atoms with van der Waals surface area (Å²) in [6.07, 6.45) is 2.95. The molecule has 1 N–H and O–H groups in total. The number of aryl methyl sites for hydroxylation is 3. The van der Waals surface area contributed by atoms with Gasteiger partial charge < -0.3 is 0 Å². The van der Waals surface area contributed by atoms with Crippen molar-refractivity contribution in [2.45, 2.75) is 40.0 Å². The van der Waals surface area contributed by atoms with E-state index in [0.29, 0.717) is 5.13 Å². The minimum Gasteiger partial charge on any atom is -0.296 e. The maximum atomic E-state index is 12.1. The smallest absolute Gasteiger partial charge is 0.267 e. The molecule has 2 heterocycles. The van der Waals surface area contributed by atoms with Gasteiger partial charge in [-0.3, -0.25) is 10.1 Å². The van der Waals surface area contributed by atoms with Crippen LogP contribution in [0.25, 0.3) is 0 Å². The normalized spacial score (nSPS) is 10.7. The monoisotopic (exact) mass is 295 g/mol. The van der Waals surface area contributed by atoms with Crippen molar-refractivity contribution >= 4 is 33.7 Å². The summed E-state index contributed by atoms with van der Waals surface area (Å²) in [5.74, 6) is -0.0887. The molecular weight excluding hydrogens is 278 g/mol. The van der Waals surface area contributed by atoms with Crippen LogP contribution in [0, 0.1) is 6.92 Å². The highest BCUT2D eigenvalue weighted by Crippen LogP contribution is 2.24. The minimum absolute atomic E-state index is 0.0887. The first-order chi connectivity index (χ1) is 9.13. The van der Waals surface area contributed by atoms with Gasteiger partial charge in [0.2, 0.25) is 5.13 Å². The highest BCUT2D eigenvalue weighted by Gasteiger charge is 2.14. The van der Waals surface area contributed by atoms with Crippen LogP contribution in [0.15, 0.2) is 6.07 Å². The van der Waals surface area contributed by atoms with Crippen molar-refractivity contribution in [1.29, 1.82) is 0 Å². The fraction of sp³-hybridized carbons (Fsp3) is 0.462. The number of hydrogen-bond acceptors (Lipinski definition) is 5. The Labute approximate surface area is 120 Å². The summed E-state index contributed by atoms with van der Waals surface area (Å²) < 4.78 is 0. The summed E-state index contributed by atoms with van der Waals surface area (Å²) in [6, 6.07) is 1.99. The fourth-order valence-corrected chi connectivity index (χ4v) is 3.40. The van der Waals surface area contributed by atoms with Gasteiger partial charge in [0.05, 0.1) is 4.88 Å². The van der Waals surface area contributed by atoms with Crippen LogP contribution in [0.2, 0.25) is 0 Å². The van der Waals surface area contributed by atoms with Gasteiger partial charge in [0.1, 0.15) is 5.01 Å². The Morgan fingerprint density at radius 1 is 1.32 bits per heavy atom. The van der Waals surface area contributed by atoms with Crippen LogP contribution < -0.4 is 5.32 Å². The van der Waals surface area contributed by atoms with Crippen LogP contribution >= 0.6 is 22.7 Å².